The van der Waals surface area contributed by atoms with Crippen molar-refractivity contribution >= 4 is 0 Å². The topological polar surface area (TPSA) is 103 Å². The Balaban J connectivity index is 2.34. The molecule has 2 aromatic rings. The molecule has 0 amide bonds. The van der Waals surface area contributed by atoms with Gasteiger partial charge in [0, 0.05) is 12.4 Å². The lowest BCUT2D eigenvalue weighted by molar-refractivity contribution is 0.758. The molecule has 7 nitrogen and oxygen atoms in total. The maximum atomic E-state index is 5.30. The molecule has 0 aliphatic heterocycles. The summed E-state index contributed by atoms with van der Waals surface area (Å²) in [6, 6.07) is 1.71. The first-order chi connectivity index (χ1) is 6.90. The van der Waals surface area contributed by atoms with Gasteiger partial charge in [-0.25, -0.2) is 9.97 Å². The Morgan fingerprint density at radius 1 is 0.929 bits per heavy atom. The molecule has 0 fully saturated rings. The molecule has 0 unspecified atom stereocenters. The molecule has 0 aliphatic rings. The number of aromatic nitrogens is 6. The molecule has 0 saturated carbocycles. The largest absolute Gasteiger partial charge is 0.324 e. The summed E-state index contributed by atoms with van der Waals surface area (Å²) in [5, 5.41) is 15.1. The molecule has 2 heterocycles. The Morgan fingerprint density at radius 3 is 2.14 bits per heavy atom. The lowest BCUT2D eigenvalue weighted by Crippen LogP contribution is -2.08. The van der Waals surface area contributed by atoms with E-state index in [1.807, 2.05) is 0 Å². The van der Waals surface area contributed by atoms with Crippen LogP contribution in [0.4, 0.5) is 0 Å². The van der Waals surface area contributed by atoms with E-state index in [1.54, 1.807) is 18.5 Å². The van der Waals surface area contributed by atoms with Gasteiger partial charge in [0.1, 0.15) is 0 Å². The van der Waals surface area contributed by atoms with Gasteiger partial charge in [0.25, 0.3) is 0 Å². The summed E-state index contributed by atoms with van der Waals surface area (Å²) in [5.74, 6) is 1.09. The van der Waals surface area contributed by atoms with Crippen molar-refractivity contribution < 1.29 is 0 Å². The van der Waals surface area contributed by atoms with Crippen molar-refractivity contribution in [2.24, 2.45) is 5.73 Å². The molecule has 0 aliphatic carbocycles. The second kappa shape index (κ2) is 3.79. The van der Waals surface area contributed by atoms with Crippen molar-refractivity contribution in [3.8, 4) is 11.6 Å². The van der Waals surface area contributed by atoms with E-state index in [4.69, 9.17) is 5.73 Å². The summed E-state index contributed by atoms with van der Waals surface area (Å²) in [7, 11) is 0. The summed E-state index contributed by atoms with van der Waals surface area (Å²) in [4.78, 5) is 7.91. The van der Waals surface area contributed by atoms with Crippen LogP contribution in [0.2, 0.25) is 0 Å². The number of nitrogens with zero attached hydrogens (tertiary/aromatic N) is 6. The molecule has 14 heavy (non-hydrogen) atoms. The van der Waals surface area contributed by atoms with E-state index in [1.165, 1.54) is 0 Å². The van der Waals surface area contributed by atoms with Crippen molar-refractivity contribution in [1.29, 1.82) is 0 Å². The predicted octanol–water partition coefficient (Wildman–Crippen LogP) is -0.818. The Hall–Kier alpha value is -2.02. The van der Waals surface area contributed by atoms with Gasteiger partial charge in [0.15, 0.2) is 5.82 Å². The van der Waals surface area contributed by atoms with Gasteiger partial charge in [-0.05, 0) is 6.07 Å². The Labute approximate surface area is 79.4 Å². The third-order valence-electron chi connectivity index (χ3n) is 1.47. The van der Waals surface area contributed by atoms with Crippen LogP contribution in [0.15, 0.2) is 18.5 Å². The van der Waals surface area contributed by atoms with Gasteiger partial charge < -0.3 is 5.73 Å². The van der Waals surface area contributed by atoms with E-state index in [9.17, 15) is 0 Å². The molecule has 0 spiro atoms. The summed E-state index contributed by atoms with van der Waals surface area (Å²) < 4.78 is 0. The molecular weight excluding hydrogens is 182 g/mol. The van der Waals surface area contributed by atoms with Crippen LogP contribution >= 0.6 is 0 Å². The minimum absolute atomic E-state index is 0.218. The van der Waals surface area contributed by atoms with E-state index < -0.39 is 0 Å². The quantitative estimate of drug-likeness (QED) is 0.658. The van der Waals surface area contributed by atoms with Crippen LogP contribution in [0.5, 0.6) is 0 Å². The Bertz CT molecular complexity index is 398. The predicted molar refractivity (Wildman–Crippen MR) is 46.5 cm³/mol. The fourth-order valence-corrected chi connectivity index (χ4v) is 0.836. The fraction of sp³-hybridized carbons (Fsp3) is 0.143. The summed E-state index contributed by atoms with van der Waals surface area (Å²) in [6.45, 7) is 0.218. The molecule has 2 rings (SSSR count). The van der Waals surface area contributed by atoms with Gasteiger partial charge in [-0.3, -0.25) is 0 Å². The van der Waals surface area contributed by atoms with E-state index in [-0.39, 0.29) is 6.54 Å². The maximum Gasteiger partial charge on any atom is 0.240 e. The third kappa shape index (κ3) is 1.67. The van der Waals surface area contributed by atoms with Gasteiger partial charge >= 0.3 is 0 Å². The second-order valence-electron chi connectivity index (χ2n) is 2.42. The van der Waals surface area contributed by atoms with Gasteiger partial charge in [-0.15, -0.1) is 20.4 Å². The molecule has 2 N–H and O–H groups in total. The van der Waals surface area contributed by atoms with Crippen LogP contribution in [-0.2, 0) is 6.54 Å². The van der Waals surface area contributed by atoms with Gasteiger partial charge in [-0.2, -0.15) is 0 Å². The third-order valence-corrected chi connectivity index (χ3v) is 1.47. The molecule has 2 aromatic heterocycles. The molecule has 0 radical (unpaired) electrons. The highest BCUT2D eigenvalue weighted by atomic mass is 15.3. The van der Waals surface area contributed by atoms with Gasteiger partial charge in [0.05, 0.1) is 6.54 Å². The van der Waals surface area contributed by atoms with Gasteiger partial charge in [0.2, 0.25) is 11.6 Å². The lowest BCUT2D eigenvalue weighted by Gasteiger charge is -1.95. The van der Waals surface area contributed by atoms with E-state index in [0.29, 0.717) is 17.5 Å². The standard InChI is InChI=1S/C7H7N7/c8-4-5-11-13-7(14-12-5)6-9-2-1-3-10-6/h1-3H,4,8H2. The van der Waals surface area contributed by atoms with Crippen LogP contribution < -0.4 is 5.73 Å². The molecule has 0 atom stereocenters. The van der Waals surface area contributed by atoms with E-state index in [0.717, 1.165) is 0 Å². The van der Waals surface area contributed by atoms with Crippen molar-refractivity contribution in [2.45, 2.75) is 6.54 Å². The molecule has 70 valence electrons. The molecule has 7 heteroatoms. The number of rotatable bonds is 2. The maximum absolute atomic E-state index is 5.30. The average molecular weight is 189 g/mol. The smallest absolute Gasteiger partial charge is 0.240 e. The normalized spacial score (nSPS) is 10.1. The van der Waals surface area contributed by atoms with Crippen molar-refractivity contribution in [3.05, 3.63) is 24.3 Å². The van der Waals surface area contributed by atoms with E-state index >= 15 is 0 Å². The SMILES string of the molecule is NCc1nnc(-c2ncccn2)nn1. The van der Waals surface area contributed by atoms with Gasteiger partial charge in [-0.1, -0.05) is 0 Å². The monoisotopic (exact) mass is 189 g/mol. The number of hydrogen-bond donors (Lipinski definition) is 1. The Kier molecular flexibility index (Phi) is 2.32. The minimum Gasteiger partial charge on any atom is -0.324 e. The van der Waals surface area contributed by atoms with Crippen LogP contribution in [0.1, 0.15) is 5.82 Å². The summed E-state index contributed by atoms with van der Waals surface area (Å²) in [5.41, 5.74) is 5.30. The zero-order valence-electron chi connectivity index (χ0n) is 7.20. The van der Waals surface area contributed by atoms with Crippen molar-refractivity contribution in [2.75, 3.05) is 0 Å². The second-order valence-corrected chi connectivity index (χ2v) is 2.42. The zero-order valence-corrected chi connectivity index (χ0v) is 7.20. The van der Waals surface area contributed by atoms with E-state index in [2.05, 4.69) is 30.4 Å². The number of nitrogens with two attached hydrogens (primary N) is 1. The van der Waals surface area contributed by atoms with Crippen LogP contribution in [0.3, 0.4) is 0 Å². The first-order valence-corrected chi connectivity index (χ1v) is 3.94. The minimum atomic E-state index is 0.218. The fourth-order valence-electron chi connectivity index (χ4n) is 0.836. The highest BCUT2D eigenvalue weighted by Crippen LogP contribution is 2.02. The zero-order chi connectivity index (χ0) is 9.80. The molecule has 0 saturated heterocycles. The van der Waals surface area contributed by atoms with Crippen LogP contribution in [-0.4, -0.2) is 30.4 Å². The lowest BCUT2D eigenvalue weighted by atomic mass is 10.5. The Morgan fingerprint density at radius 2 is 1.57 bits per heavy atom. The molecule has 0 aromatic carbocycles. The summed E-state index contributed by atoms with van der Waals surface area (Å²) >= 11 is 0. The molecular formula is C7H7N7. The first kappa shape index (κ1) is 8.57. The van der Waals surface area contributed by atoms with Crippen LogP contribution in [0.25, 0.3) is 11.6 Å². The average Bonchev–Trinajstić information content (AvgIpc) is 2.30. The summed E-state index contributed by atoms with van der Waals surface area (Å²) in [6.07, 6.45) is 3.20. The van der Waals surface area contributed by atoms with Crippen molar-refractivity contribution in [3.63, 3.8) is 0 Å². The highest BCUT2D eigenvalue weighted by molar-refractivity contribution is 5.39. The number of hydrogen-bond acceptors (Lipinski definition) is 7. The van der Waals surface area contributed by atoms with Crippen LogP contribution in [0, 0.1) is 0 Å². The highest BCUT2D eigenvalue weighted by Gasteiger charge is 2.04. The molecule has 0 bridgehead atoms. The van der Waals surface area contributed by atoms with Crippen molar-refractivity contribution in [1.82, 2.24) is 30.4 Å². The first-order valence-electron chi connectivity index (χ1n) is 3.94.